The maximum atomic E-state index is 11.9. The van der Waals surface area contributed by atoms with Crippen molar-refractivity contribution in [1.29, 1.82) is 0 Å². The number of ether oxygens (including phenoxy) is 3. The highest BCUT2D eigenvalue weighted by Crippen LogP contribution is 2.22. The van der Waals surface area contributed by atoms with Crippen molar-refractivity contribution in [1.82, 2.24) is 0 Å². The van der Waals surface area contributed by atoms with E-state index in [1.165, 1.54) is 19.2 Å². The highest BCUT2D eigenvalue weighted by molar-refractivity contribution is 6.00. The summed E-state index contributed by atoms with van der Waals surface area (Å²) in [6.45, 7) is 1.52. The van der Waals surface area contributed by atoms with Gasteiger partial charge in [-0.3, -0.25) is 4.79 Å². The van der Waals surface area contributed by atoms with Crippen molar-refractivity contribution in [2.45, 2.75) is 25.4 Å². The van der Waals surface area contributed by atoms with Crippen LogP contribution >= 0.6 is 0 Å². The molecule has 23 heavy (non-hydrogen) atoms. The molecule has 7 nitrogen and oxygen atoms in total. The van der Waals surface area contributed by atoms with Crippen molar-refractivity contribution in [3.05, 3.63) is 23.8 Å². The lowest BCUT2D eigenvalue weighted by Crippen LogP contribution is -2.19. The van der Waals surface area contributed by atoms with E-state index in [4.69, 9.17) is 14.2 Å². The fourth-order valence-electron chi connectivity index (χ4n) is 2.30. The second-order valence-electron chi connectivity index (χ2n) is 5.22. The molecule has 2 N–H and O–H groups in total. The number of aromatic carboxylic acids is 1. The van der Waals surface area contributed by atoms with Gasteiger partial charge in [-0.25, -0.2) is 4.79 Å². The third-order valence-electron chi connectivity index (χ3n) is 3.53. The van der Waals surface area contributed by atoms with Crippen molar-refractivity contribution in [2.75, 3.05) is 32.2 Å². The zero-order valence-corrected chi connectivity index (χ0v) is 13.0. The number of amides is 1. The third-order valence-corrected chi connectivity index (χ3v) is 3.53. The fraction of sp³-hybridized carbons (Fsp3) is 0.500. The summed E-state index contributed by atoms with van der Waals surface area (Å²) in [6, 6.07) is 4.47. The molecule has 1 aromatic rings. The average molecular weight is 323 g/mol. The maximum Gasteiger partial charge on any atom is 0.337 e. The van der Waals surface area contributed by atoms with E-state index in [0.29, 0.717) is 12.4 Å². The van der Waals surface area contributed by atoms with Crippen LogP contribution in [0.1, 0.15) is 29.6 Å². The van der Waals surface area contributed by atoms with Gasteiger partial charge >= 0.3 is 5.97 Å². The van der Waals surface area contributed by atoms with E-state index in [1.807, 2.05) is 0 Å². The van der Waals surface area contributed by atoms with Crippen LogP contribution in [-0.4, -0.2) is 50.0 Å². The van der Waals surface area contributed by atoms with Crippen molar-refractivity contribution >= 4 is 17.6 Å². The van der Waals surface area contributed by atoms with Crippen LogP contribution in [0, 0.1) is 0 Å². The Morgan fingerprint density at radius 3 is 2.91 bits per heavy atom. The zero-order valence-electron chi connectivity index (χ0n) is 13.0. The number of anilines is 1. The summed E-state index contributed by atoms with van der Waals surface area (Å²) in [5.74, 6) is -1.01. The van der Waals surface area contributed by atoms with E-state index in [0.717, 1.165) is 19.4 Å². The summed E-state index contributed by atoms with van der Waals surface area (Å²) < 4.78 is 15.8. The molecular formula is C16H21NO6. The van der Waals surface area contributed by atoms with Crippen molar-refractivity contribution in [3.8, 4) is 5.75 Å². The Labute approximate surface area is 134 Å². The quantitative estimate of drug-likeness (QED) is 0.710. The molecule has 0 spiro atoms. The van der Waals surface area contributed by atoms with Gasteiger partial charge in [0, 0.05) is 6.61 Å². The molecular weight excluding hydrogens is 302 g/mol. The number of methoxy groups -OCH3 is 1. The molecule has 0 aliphatic carbocycles. The minimum atomic E-state index is -1.13. The molecule has 126 valence electrons. The van der Waals surface area contributed by atoms with Crippen LogP contribution in [0.4, 0.5) is 5.69 Å². The number of carboxylic acids is 1. The fourth-order valence-corrected chi connectivity index (χ4v) is 2.30. The lowest BCUT2D eigenvalue weighted by atomic mass is 10.1. The van der Waals surface area contributed by atoms with Crippen LogP contribution in [-0.2, 0) is 14.3 Å². The molecule has 0 saturated carbocycles. The normalized spacial score (nSPS) is 17.0. The molecule has 0 bridgehead atoms. The molecule has 1 aliphatic rings. The van der Waals surface area contributed by atoms with Crippen molar-refractivity contribution < 1.29 is 28.9 Å². The van der Waals surface area contributed by atoms with Gasteiger partial charge in [-0.15, -0.1) is 0 Å². The van der Waals surface area contributed by atoms with Crippen LogP contribution in [0.15, 0.2) is 18.2 Å². The van der Waals surface area contributed by atoms with Gasteiger partial charge < -0.3 is 24.6 Å². The molecule has 1 aliphatic heterocycles. The summed E-state index contributed by atoms with van der Waals surface area (Å²) in [5, 5.41) is 11.8. The number of nitrogens with one attached hydrogen (secondary N) is 1. The third kappa shape index (κ3) is 5.22. The number of hydrogen-bond donors (Lipinski definition) is 2. The molecule has 2 rings (SSSR count). The maximum absolute atomic E-state index is 11.9. The van der Waals surface area contributed by atoms with E-state index in [1.54, 1.807) is 6.07 Å². The topological polar surface area (TPSA) is 94.1 Å². The second-order valence-corrected chi connectivity index (χ2v) is 5.22. The van der Waals surface area contributed by atoms with Gasteiger partial charge in [0.1, 0.15) is 5.75 Å². The smallest absolute Gasteiger partial charge is 0.337 e. The first-order valence-corrected chi connectivity index (χ1v) is 7.50. The first kappa shape index (κ1) is 17.2. The molecule has 1 atom stereocenters. The first-order valence-electron chi connectivity index (χ1n) is 7.50. The Morgan fingerprint density at radius 2 is 2.26 bits per heavy atom. The number of rotatable bonds is 8. The molecule has 1 unspecified atom stereocenters. The van der Waals surface area contributed by atoms with E-state index >= 15 is 0 Å². The number of carbonyl (C=O) groups is 2. The lowest BCUT2D eigenvalue weighted by molar-refractivity contribution is -0.117. The Balaban J connectivity index is 1.81. The number of carboxylic acid groups (broad SMARTS) is 1. The summed E-state index contributed by atoms with van der Waals surface area (Å²) in [4.78, 5) is 23.1. The standard InChI is InChI=1S/C16H21NO6/c1-21-11-4-5-14(13(9-11)16(19)20)17-15(18)6-8-22-10-12-3-2-7-23-12/h4-5,9,12H,2-3,6-8,10H2,1H3,(H,17,18)(H,19,20). The van der Waals surface area contributed by atoms with Gasteiger partial charge in [-0.1, -0.05) is 0 Å². The molecule has 0 radical (unpaired) electrons. The zero-order chi connectivity index (χ0) is 16.7. The molecule has 7 heteroatoms. The van der Waals surface area contributed by atoms with Crippen LogP contribution in [0.5, 0.6) is 5.75 Å². The largest absolute Gasteiger partial charge is 0.497 e. The van der Waals surface area contributed by atoms with Gasteiger partial charge in [0.05, 0.1) is 44.1 Å². The summed E-state index contributed by atoms with van der Waals surface area (Å²) in [7, 11) is 1.45. The SMILES string of the molecule is COc1ccc(NC(=O)CCOCC2CCCO2)c(C(=O)O)c1. The Morgan fingerprint density at radius 1 is 1.43 bits per heavy atom. The summed E-state index contributed by atoms with van der Waals surface area (Å²) in [6.07, 6.45) is 2.31. The lowest BCUT2D eigenvalue weighted by Gasteiger charge is -2.11. The first-order chi connectivity index (χ1) is 11.1. The molecule has 1 saturated heterocycles. The molecule has 1 heterocycles. The highest BCUT2D eigenvalue weighted by Gasteiger charge is 2.16. The number of carbonyl (C=O) groups excluding carboxylic acids is 1. The van der Waals surface area contributed by atoms with Gasteiger partial charge in [-0.05, 0) is 31.0 Å². The van der Waals surface area contributed by atoms with Gasteiger partial charge in [0.2, 0.25) is 5.91 Å². The molecule has 1 aromatic carbocycles. The van der Waals surface area contributed by atoms with Crippen LogP contribution in [0.2, 0.25) is 0 Å². The van der Waals surface area contributed by atoms with E-state index in [2.05, 4.69) is 5.32 Å². The Hall–Kier alpha value is -2.12. The van der Waals surface area contributed by atoms with E-state index in [-0.39, 0.29) is 36.3 Å². The summed E-state index contributed by atoms with van der Waals surface area (Å²) in [5.41, 5.74) is 0.223. The summed E-state index contributed by atoms with van der Waals surface area (Å²) >= 11 is 0. The predicted molar refractivity (Wildman–Crippen MR) is 83.0 cm³/mol. The Kier molecular flexibility index (Phi) is 6.37. The molecule has 1 amide bonds. The van der Waals surface area contributed by atoms with Crippen LogP contribution in [0.3, 0.4) is 0 Å². The van der Waals surface area contributed by atoms with Crippen LogP contribution < -0.4 is 10.1 Å². The predicted octanol–water partition coefficient (Wildman–Crippen LogP) is 1.92. The highest BCUT2D eigenvalue weighted by atomic mass is 16.5. The number of benzene rings is 1. The van der Waals surface area contributed by atoms with E-state index < -0.39 is 5.97 Å². The van der Waals surface area contributed by atoms with Gasteiger partial charge in [0.15, 0.2) is 0 Å². The molecule has 1 fully saturated rings. The minimum Gasteiger partial charge on any atom is -0.497 e. The second kappa shape index (κ2) is 8.50. The molecule has 0 aromatic heterocycles. The van der Waals surface area contributed by atoms with Gasteiger partial charge in [-0.2, -0.15) is 0 Å². The number of hydrogen-bond acceptors (Lipinski definition) is 5. The average Bonchev–Trinajstić information content (AvgIpc) is 3.05. The monoisotopic (exact) mass is 323 g/mol. The minimum absolute atomic E-state index is 0.0158. The van der Waals surface area contributed by atoms with Crippen molar-refractivity contribution in [3.63, 3.8) is 0 Å². The van der Waals surface area contributed by atoms with Gasteiger partial charge in [0.25, 0.3) is 0 Å². The van der Waals surface area contributed by atoms with Crippen LogP contribution in [0.25, 0.3) is 0 Å². The van der Waals surface area contributed by atoms with E-state index in [9.17, 15) is 14.7 Å². The van der Waals surface area contributed by atoms with Crippen molar-refractivity contribution in [2.24, 2.45) is 0 Å². The Bertz CT molecular complexity index is 554.